The minimum absolute atomic E-state index is 0.0649. The third kappa shape index (κ3) is 4.53. The Kier molecular flexibility index (Phi) is 5.90. The summed E-state index contributed by atoms with van der Waals surface area (Å²) in [6, 6.07) is 15.4. The van der Waals surface area contributed by atoms with Crippen LogP contribution >= 0.6 is 11.8 Å². The third-order valence-electron chi connectivity index (χ3n) is 3.25. The highest BCUT2D eigenvalue weighted by Gasteiger charge is 2.13. The molecule has 1 N–H and O–H groups in total. The van der Waals surface area contributed by atoms with Gasteiger partial charge in [-0.1, -0.05) is 29.8 Å². The summed E-state index contributed by atoms with van der Waals surface area (Å²) in [4.78, 5) is 13.3. The molecule has 1 atom stereocenters. The van der Waals surface area contributed by atoms with Gasteiger partial charge in [-0.05, 0) is 44.4 Å². The van der Waals surface area contributed by atoms with Crippen LogP contribution in [-0.4, -0.2) is 24.8 Å². The van der Waals surface area contributed by atoms with Gasteiger partial charge in [0.15, 0.2) is 0 Å². The Morgan fingerprint density at radius 3 is 2.55 bits per heavy atom. The van der Waals surface area contributed by atoms with Crippen molar-refractivity contribution in [1.82, 2.24) is 5.32 Å². The first-order valence-electron chi connectivity index (χ1n) is 7.23. The molecule has 0 aliphatic rings. The molecular formula is C18H21NO2S. The fourth-order valence-corrected chi connectivity index (χ4v) is 2.63. The highest BCUT2D eigenvalue weighted by Crippen LogP contribution is 2.19. The number of thioether (sulfide) groups is 1. The average molecular weight is 315 g/mol. The van der Waals surface area contributed by atoms with Crippen LogP contribution in [0.2, 0.25) is 0 Å². The molecule has 1 amide bonds. The van der Waals surface area contributed by atoms with Crippen molar-refractivity contribution in [3.8, 4) is 5.75 Å². The molecule has 2 aromatic rings. The molecule has 0 spiro atoms. The monoisotopic (exact) mass is 315 g/mol. The predicted octanol–water partition coefficient (Wildman–Crippen LogP) is 3.91. The summed E-state index contributed by atoms with van der Waals surface area (Å²) in [6.45, 7) is 4.42. The number of aryl methyl sites for hydroxylation is 1. The summed E-state index contributed by atoms with van der Waals surface area (Å²) in [5.74, 6) is 0.751. The maximum atomic E-state index is 12.3. The Morgan fingerprint density at radius 2 is 1.86 bits per heavy atom. The van der Waals surface area contributed by atoms with Gasteiger partial charge in [-0.2, -0.15) is 0 Å². The fourth-order valence-electron chi connectivity index (χ4n) is 2.03. The molecule has 0 unspecified atom stereocenters. The van der Waals surface area contributed by atoms with Crippen LogP contribution in [0.3, 0.4) is 0 Å². The van der Waals surface area contributed by atoms with Gasteiger partial charge in [0.2, 0.25) is 0 Å². The molecule has 2 aromatic carbocycles. The van der Waals surface area contributed by atoms with E-state index in [-0.39, 0.29) is 11.9 Å². The molecule has 4 heteroatoms. The quantitative estimate of drug-likeness (QED) is 0.821. The number of carbonyl (C=O) groups excluding carboxylic acids is 1. The van der Waals surface area contributed by atoms with Crippen LogP contribution in [0.25, 0.3) is 0 Å². The molecule has 22 heavy (non-hydrogen) atoms. The summed E-state index contributed by atoms with van der Waals surface area (Å²) in [7, 11) is 0. The lowest BCUT2D eigenvalue weighted by molar-refractivity contribution is 0.0923. The van der Waals surface area contributed by atoms with Crippen LogP contribution in [0.15, 0.2) is 53.4 Å². The van der Waals surface area contributed by atoms with Gasteiger partial charge in [0.05, 0.1) is 11.6 Å². The summed E-state index contributed by atoms with van der Waals surface area (Å²) < 4.78 is 5.70. The van der Waals surface area contributed by atoms with Gasteiger partial charge in [0, 0.05) is 4.90 Å². The topological polar surface area (TPSA) is 38.3 Å². The largest absolute Gasteiger partial charge is 0.491 e. The number of benzene rings is 2. The second-order valence-electron chi connectivity index (χ2n) is 5.20. The van der Waals surface area contributed by atoms with E-state index in [2.05, 4.69) is 5.32 Å². The van der Waals surface area contributed by atoms with E-state index in [1.807, 2.05) is 68.6 Å². The van der Waals surface area contributed by atoms with E-state index in [4.69, 9.17) is 4.74 Å². The first kappa shape index (κ1) is 16.4. The Labute approximate surface area is 136 Å². The molecule has 0 aliphatic carbocycles. The van der Waals surface area contributed by atoms with E-state index >= 15 is 0 Å². The SMILES string of the molecule is CSc1ccccc1C(=O)N[C@@H](C)COc1ccc(C)cc1. The summed E-state index contributed by atoms with van der Waals surface area (Å²) in [5, 5.41) is 2.98. The third-order valence-corrected chi connectivity index (χ3v) is 4.05. The lowest BCUT2D eigenvalue weighted by Gasteiger charge is -2.16. The molecule has 0 saturated carbocycles. The minimum atomic E-state index is -0.0660. The van der Waals surface area contributed by atoms with Crippen LogP contribution < -0.4 is 10.1 Å². The molecule has 0 fully saturated rings. The van der Waals surface area contributed by atoms with Crippen molar-refractivity contribution in [1.29, 1.82) is 0 Å². The maximum absolute atomic E-state index is 12.3. The molecule has 0 radical (unpaired) electrons. The second-order valence-corrected chi connectivity index (χ2v) is 6.05. The van der Waals surface area contributed by atoms with Crippen LogP contribution in [0.5, 0.6) is 5.75 Å². The Bertz CT molecular complexity index is 625. The van der Waals surface area contributed by atoms with Gasteiger partial charge in [0.25, 0.3) is 5.91 Å². The zero-order valence-corrected chi connectivity index (χ0v) is 13.9. The number of hydrogen-bond acceptors (Lipinski definition) is 3. The van der Waals surface area contributed by atoms with Gasteiger partial charge in [0.1, 0.15) is 12.4 Å². The molecule has 0 saturated heterocycles. The fraction of sp³-hybridized carbons (Fsp3) is 0.278. The van der Waals surface area contributed by atoms with Gasteiger partial charge >= 0.3 is 0 Å². The van der Waals surface area contributed by atoms with Crippen LogP contribution in [-0.2, 0) is 0 Å². The van der Waals surface area contributed by atoms with Crippen molar-refractivity contribution in [2.75, 3.05) is 12.9 Å². The van der Waals surface area contributed by atoms with Crippen molar-refractivity contribution in [2.24, 2.45) is 0 Å². The number of ether oxygens (including phenoxy) is 1. The minimum Gasteiger partial charge on any atom is -0.491 e. The van der Waals surface area contributed by atoms with Crippen molar-refractivity contribution in [2.45, 2.75) is 24.8 Å². The van der Waals surface area contributed by atoms with Gasteiger partial charge < -0.3 is 10.1 Å². The molecule has 0 aliphatic heterocycles. The van der Waals surface area contributed by atoms with E-state index in [1.54, 1.807) is 11.8 Å². The highest BCUT2D eigenvalue weighted by atomic mass is 32.2. The summed E-state index contributed by atoms with van der Waals surface area (Å²) in [5.41, 5.74) is 1.90. The van der Waals surface area contributed by atoms with Crippen molar-refractivity contribution >= 4 is 17.7 Å². The smallest absolute Gasteiger partial charge is 0.252 e. The molecule has 2 rings (SSSR count). The number of rotatable bonds is 6. The van der Waals surface area contributed by atoms with E-state index in [0.29, 0.717) is 12.2 Å². The van der Waals surface area contributed by atoms with E-state index in [0.717, 1.165) is 10.6 Å². The van der Waals surface area contributed by atoms with E-state index in [9.17, 15) is 4.79 Å². The zero-order chi connectivity index (χ0) is 15.9. The molecular weight excluding hydrogens is 294 g/mol. The van der Waals surface area contributed by atoms with Crippen LogP contribution in [0, 0.1) is 6.92 Å². The molecule has 0 aromatic heterocycles. The van der Waals surface area contributed by atoms with Gasteiger partial charge in [-0.15, -0.1) is 11.8 Å². The van der Waals surface area contributed by atoms with E-state index in [1.165, 1.54) is 5.56 Å². The average Bonchev–Trinajstić information content (AvgIpc) is 2.54. The Morgan fingerprint density at radius 1 is 1.18 bits per heavy atom. The summed E-state index contributed by atoms with van der Waals surface area (Å²) in [6.07, 6.45) is 1.97. The lowest BCUT2D eigenvalue weighted by Crippen LogP contribution is -2.37. The number of nitrogens with one attached hydrogen (secondary N) is 1. The van der Waals surface area contributed by atoms with Gasteiger partial charge in [-0.25, -0.2) is 0 Å². The standard InChI is InChI=1S/C18H21NO2S/c1-13-8-10-15(11-9-13)21-12-14(2)19-18(20)16-6-4-5-7-17(16)22-3/h4-11,14H,12H2,1-3H3,(H,19,20)/t14-/m0/s1. The number of carbonyl (C=O) groups is 1. The van der Waals surface area contributed by atoms with Crippen molar-refractivity contribution in [3.05, 3.63) is 59.7 Å². The molecule has 3 nitrogen and oxygen atoms in total. The molecule has 0 heterocycles. The first-order valence-corrected chi connectivity index (χ1v) is 8.46. The first-order chi connectivity index (χ1) is 10.6. The van der Waals surface area contributed by atoms with E-state index < -0.39 is 0 Å². The highest BCUT2D eigenvalue weighted by molar-refractivity contribution is 7.98. The zero-order valence-electron chi connectivity index (χ0n) is 13.1. The van der Waals surface area contributed by atoms with Gasteiger partial charge in [-0.3, -0.25) is 4.79 Å². The predicted molar refractivity (Wildman–Crippen MR) is 91.8 cm³/mol. The van der Waals surface area contributed by atoms with Crippen LogP contribution in [0.4, 0.5) is 0 Å². The Balaban J connectivity index is 1.89. The maximum Gasteiger partial charge on any atom is 0.252 e. The Hall–Kier alpha value is -1.94. The second kappa shape index (κ2) is 7.90. The lowest BCUT2D eigenvalue weighted by atomic mass is 10.2. The van der Waals surface area contributed by atoms with Crippen molar-refractivity contribution < 1.29 is 9.53 Å². The van der Waals surface area contributed by atoms with Crippen LogP contribution in [0.1, 0.15) is 22.8 Å². The number of hydrogen-bond donors (Lipinski definition) is 1. The number of amides is 1. The molecule has 0 bridgehead atoms. The van der Waals surface area contributed by atoms with Crippen molar-refractivity contribution in [3.63, 3.8) is 0 Å². The summed E-state index contributed by atoms with van der Waals surface area (Å²) >= 11 is 1.57. The molecule has 116 valence electrons. The normalized spacial score (nSPS) is 11.8.